The fourth-order valence-corrected chi connectivity index (χ4v) is 9.26. The Bertz CT molecular complexity index is 387. The van der Waals surface area contributed by atoms with Gasteiger partial charge >= 0.3 is 5.97 Å². The molecule has 0 amide bonds. The number of hydrogen-bond acceptors (Lipinski definition) is 2. The first-order valence-electron chi connectivity index (χ1n) is 14.3. The van der Waals surface area contributed by atoms with Gasteiger partial charge in [-0.2, -0.15) is 0 Å². The Morgan fingerprint density at radius 3 is 1.27 bits per heavy atom. The second kappa shape index (κ2) is 27.0. The van der Waals surface area contributed by atoms with Gasteiger partial charge in [0.2, 0.25) is 0 Å². The van der Waals surface area contributed by atoms with Crippen molar-refractivity contribution in [2.24, 2.45) is 0 Å². The minimum absolute atomic E-state index is 0. The molecule has 0 atom stereocenters. The molecule has 0 aliphatic rings. The molecular formula is C29H58IO2P. The molecule has 0 saturated heterocycles. The van der Waals surface area contributed by atoms with Crippen LogP contribution in [0.1, 0.15) is 136 Å². The summed E-state index contributed by atoms with van der Waals surface area (Å²) in [5.74, 6) is -0.248. The fourth-order valence-electron chi connectivity index (χ4n) is 4.75. The summed E-state index contributed by atoms with van der Waals surface area (Å²) in [4.78, 5) is 11.7. The molecule has 0 radical (unpaired) electrons. The third-order valence-corrected chi connectivity index (χ3v) is 11.9. The van der Waals surface area contributed by atoms with Gasteiger partial charge in [0.25, 0.3) is 0 Å². The molecule has 0 saturated carbocycles. The molecule has 0 heterocycles. The molecule has 0 aliphatic carbocycles. The zero-order valence-electron chi connectivity index (χ0n) is 22.7. The van der Waals surface area contributed by atoms with Gasteiger partial charge in [-0.05, 0) is 38.5 Å². The number of rotatable bonds is 25. The molecule has 0 aromatic rings. The molecule has 0 N–H and O–H groups in total. The Labute approximate surface area is 226 Å². The van der Waals surface area contributed by atoms with E-state index < -0.39 is 7.26 Å². The summed E-state index contributed by atoms with van der Waals surface area (Å²) in [5, 5.41) is 0. The number of carbonyl (C=O) groups excluding carboxylic acids is 1. The van der Waals surface area contributed by atoms with Crippen LogP contribution in [0.15, 0.2) is 12.7 Å². The summed E-state index contributed by atoms with van der Waals surface area (Å²) >= 11 is 0. The minimum Gasteiger partial charge on any atom is -1.00 e. The van der Waals surface area contributed by atoms with Gasteiger partial charge in [0.15, 0.2) is 0 Å². The molecule has 4 heteroatoms. The second-order valence-electron chi connectivity index (χ2n) is 9.91. The number of carbonyl (C=O) groups is 1. The standard InChI is InChI=1S/C29H58O2P.HI/c1-5-9-12-15-18-21-25-32(28-24-31-29(30)8-4,26-22-19-16-13-10-6-2)27-23-20-17-14-11-7-3;/h8H,4-7,9-28H2,1-3H3;1H/q+1;/p-1. The monoisotopic (exact) mass is 596 g/mol. The predicted molar refractivity (Wildman–Crippen MR) is 148 cm³/mol. The summed E-state index contributed by atoms with van der Waals surface area (Å²) in [7, 11) is -1.04. The fraction of sp³-hybridized carbons (Fsp3) is 0.897. The molecule has 0 aromatic heterocycles. The Balaban J connectivity index is 0. The van der Waals surface area contributed by atoms with Crippen molar-refractivity contribution in [1.29, 1.82) is 0 Å². The van der Waals surface area contributed by atoms with E-state index in [0.717, 1.165) is 6.16 Å². The van der Waals surface area contributed by atoms with Crippen LogP contribution in [0.25, 0.3) is 0 Å². The SMILES string of the molecule is C=CC(=O)OCC[P+](CCCCCCCC)(CCCCCCCC)CCCCCCCC.[I-]. The lowest BCUT2D eigenvalue weighted by atomic mass is 10.1. The molecular weight excluding hydrogens is 538 g/mol. The lowest BCUT2D eigenvalue weighted by Gasteiger charge is -2.28. The average molecular weight is 597 g/mol. The van der Waals surface area contributed by atoms with Crippen molar-refractivity contribution in [2.45, 2.75) is 136 Å². The maximum atomic E-state index is 11.7. The number of ether oxygens (including phenoxy) is 1. The molecule has 0 aliphatic heterocycles. The van der Waals surface area contributed by atoms with Crippen molar-refractivity contribution in [1.82, 2.24) is 0 Å². The van der Waals surface area contributed by atoms with Gasteiger partial charge in [0.1, 0.15) is 6.61 Å². The van der Waals surface area contributed by atoms with Crippen molar-refractivity contribution in [3.63, 3.8) is 0 Å². The van der Waals surface area contributed by atoms with Gasteiger partial charge in [-0.1, -0.05) is 104 Å². The highest BCUT2D eigenvalue weighted by atomic mass is 127. The van der Waals surface area contributed by atoms with Gasteiger partial charge in [0, 0.05) is 13.3 Å². The Morgan fingerprint density at radius 2 is 0.939 bits per heavy atom. The van der Waals surface area contributed by atoms with Crippen molar-refractivity contribution in [3.05, 3.63) is 12.7 Å². The van der Waals surface area contributed by atoms with Crippen LogP contribution in [-0.2, 0) is 9.53 Å². The Morgan fingerprint density at radius 1 is 0.606 bits per heavy atom. The Hall–Kier alpha value is 0.370. The van der Waals surface area contributed by atoms with E-state index in [1.165, 1.54) is 140 Å². The molecule has 0 fully saturated rings. The molecule has 0 unspecified atom stereocenters. The van der Waals surface area contributed by atoms with Crippen LogP contribution >= 0.6 is 7.26 Å². The highest BCUT2D eigenvalue weighted by Crippen LogP contribution is 2.60. The summed E-state index contributed by atoms with van der Waals surface area (Å²) in [6, 6.07) is 0. The molecule has 0 spiro atoms. The summed E-state index contributed by atoms with van der Waals surface area (Å²) in [6.45, 7) is 11.1. The van der Waals surface area contributed by atoms with Gasteiger partial charge in [-0.25, -0.2) is 4.79 Å². The van der Waals surface area contributed by atoms with Crippen LogP contribution in [0.2, 0.25) is 0 Å². The lowest BCUT2D eigenvalue weighted by Crippen LogP contribution is -3.00. The lowest BCUT2D eigenvalue weighted by molar-refractivity contribution is -0.137. The normalized spacial score (nSPS) is 11.2. The number of esters is 1. The third-order valence-electron chi connectivity index (χ3n) is 6.93. The first-order valence-corrected chi connectivity index (χ1v) is 16.8. The van der Waals surface area contributed by atoms with E-state index in [9.17, 15) is 4.79 Å². The quantitative estimate of drug-likeness (QED) is 0.0380. The summed E-state index contributed by atoms with van der Waals surface area (Å²) < 4.78 is 5.50. The molecule has 0 bridgehead atoms. The van der Waals surface area contributed by atoms with Gasteiger partial charge in [-0.15, -0.1) is 0 Å². The minimum atomic E-state index is -1.04. The van der Waals surface area contributed by atoms with Crippen LogP contribution in [0.5, 0.6) is 0 Å². The van der Waals surface area contributed by atoms with Crippen molar-refractivity contribution in [3.8, 4) is 0 Å². The number of hydrogen-bond donors (Lipinski definition) is 0. The van der Waals surface area contributed by atoms with E-state index in [1.54, 1.807) is 0 Å². The van der Waals surface area contributed by atoms with E-state index in [0.29, 0.717) is 6.61 Å². The highest BCUT2D eigenvalue weighted by Gasteiger charge is 2.35. The van der Waals surface area contributed by atoms with E-state index in [1.807, 2.05) is 0 Å². The topological polar surface area (TPSA) is 26.3 Å². The number of halogens is 1. The average Bonchev–Trinajstić information content (AvgIpc) is 2.80. The third kappa shape index (κ3) is 22.6. The van der Waals surface area contributed by atoms with E-state index in [-0.39, 0.29) is 29.9 Å². The first kappa shape index (κ1) is 35.5. The van der Waals surface area contributed by atoms with Crippen LogP contribution in [0, 0.1) is 0 Å². The first-order chi connectivity index (χ1) is 15.6. The molecule has 0 rings (SSSR count). The molecule has 33 heavy (non-hydrogen) atoms. The molecule has 2 nitrogen and oxygen atoms in total. The predicted octanol–water partition coefficient (Wildman–Crippen LogP) is 6.82. The van der Waals surface area contributed by atoms with Crippen molar-refractivity contribution >= 4 is 13.2 Å². The molecule has 198 valence electrons. The van der Waals surface area contributed by atoms with Crippen LogP contribution < -0.4 is 24.0 Å². The van der Waals surface area contributed by atoms with Gasteiger partial charge < -0.3 is 28.7 Å². The van der Waals surface area contributed by atoms with E-state index >= 15 is 0 Å². The largest absolute Gasteiger partial charge is 1.00 e. The van der Waals surface area contributed by atoms with Crippen molar-refractivity contribution < 1.29 is 33.5 Å². The summed E-state index contributed by atoms with van der Waals surface area (Å²) in [6.07, 6.45) is 31.6. The maximum absolute atomic E-state index is 11.7. The van der Waals surface area contributed by atoms with Crippen LogP contribution in [0.4, 0.5) is 0 Å². The maximum Gasteiger partial charge on any atom is 0.330 e. The van der Waals surface area contributed by atoms with Gasteiger partial charge in [-0.3, -0.25) is 0 Å². The molecule has 0 aromatic carbocycles. The Kier molecular flexibility index (Phi) is 29.0. The second-order valence-corrected chi connectivity index (χ2v) is 14.4. The zero-order valence-corrected chi connectivity index (χ0v) is 25.7. The number of unbranched alkanes of at least 4 members (excludes halogenated alkanes) is 15. The van der Waals surface area contributed by atoms with E-state index in [4.69, 9.17) is 4.74 Å². The van der Waals surface area contributed by atoms with E-state index in [2.05, 4.69) is 27.4 Å². The highest BCUT2D eigenvalue weighted by molar-refractivity contribution is 7.75. The van der Waals surface area contributed by atoms with Crippen LogP contribution in [0.3, 0.4) is 0 Å². The van der Waals surface area contributed by atoms with Crippen LogP contribution in [-0.4, -0.2) is 37.2 Å². The summed E-state index contributed by atoms with van der Waals surface area (Å²) in [5.41, 5.74) is 0. The van der Waals surface area contributed by atoms with Gasteiger partial charge in [0.05, 0.1) is 24.6 Å². The van der Waals surface area contributed by atoms with Crippen molar-refractivity contribution in [2.75, 3.05) is 31.3 Å². The zero-order chi connectivity index (χ0) is 23.8. The smallest absolute Gasteiger partial charge is 0.330 e.